The molecule has 1 fully saturated rings. The van der Waals surface area contributed by atoms with Gasteiger partial charge < -0.3 is 10.7 Å². The van der Waals surface area contributed by atoms with E-state index in [1.165, 1.54) is 0 Å². The van der Waals surface area contributed by atoms with E-state index in [4.69, 9.17) is 5.73 Å². The van der Waals surface area contributed by atoms with Crippen LogP contribution in [0.4, 0.5) is 5.69 Å². The Morgan fingerprint density at radius 1 is 1.38 bits per heavy atom. The fraction of sp³-hybridized carbons (Fsp3) is 0.429. The second-order valence-corrected chi connectivity index (χ2v) is 8.73. The Balaban J connectivity index is 2.08. The normalized spacial score (nSPS) is 24.5. The number of hydrogen-bond acceptors (Lipinski definition) is 4. The Morgan fingerprint density at radius 3 is 2.90 bits per heavy atom. The second-order valence-electron chi connectivity index (χ2n) is 5.39. The van der Waals surface area contributed by atoms with Gasteiger partial charge in [0.15, 0.2) is 0 Å². The first kappa shape index (κ1) is 14.7. The van der Waals surface area contributed by atoms with Gasteiger partial charge in [-0.1, -0.05) is 6.92 Å². The van der Waals surface area contributed by atoms with Crippen LogP contribution < -0.4 is 5.73 Å². The summed E-state index contributed by atoms with van der Waals surface area (Å²) in [4.78, 5) is 3.35. The van der Waals surface area contributed by atoms with Gasteiger partial charge in [0, 0.05) is 46.4 Å². The van der Waals surface area contributed by atoms with Crippen molar-refractivity contribution >= 4 is 38.4 Å². The highest BCUT2D eigenvalue weighted by Crippen LogP contribution is 2.32. The number of nitrogens with zero attached hydrogens (tertiary/aromatic N) is 1. The molecule has 3 rings (SSSR count). The van der Waals surface area contributed by atoms with Crippen molar-refractivity contribution < 1.29 is 8.42 Å². The summed E-state index contributed by atoms with van der Waals surface area (Å²) in [6.45, 7) is 4.61. The molecule has 2 unspecified atom stereocenters. The van der Waals surface area contributed by atoms with Crippen LogP contribution in [0.5, 0.6) is 0 Å². The zero-order valence-electron chi connectivity index (χ0n) is 12.0. The van der Waals surface area contributed by atoms with Gasteiger partial charge in [0.05, 0.1) is 0 Å². The number of benzene rings is 1. The molecule has 1 aliphatic heterocycles. The predicted octanol–water partition coefficient (Wildman–Crippen LogP) is 2.26. The highest BCUT2D eigenvalue weighted by atomic mass is 32.2. The number of aromatic amines is 1. The smallest absolute Gasteiger partial charge is 0.245 e. The lowest BCUT2D eigenvalue weighted by Crippen LogP contribution is -2.47. The minimum Gasteiger partial charge on any atom is -0.399 e. The lowest BCUT2D eigenvalue weighted by molar-refractivity contribution is 0.340. The third-order valence-electron chi connectivity index (χ3n) is 4.08. The Bertz CT molecular complexity index is 770. The molecule has 1 aliphatic rings. The fourth-order valence-electron chi connectivity index (χ4n) is 2.70. The van der Waals surface area contributed by atoms with Gasteiger partial charge in [0.1, 0.15) is 4.90 Å². The predicted molar refractivity (Wildman–Crippen MR) is 88.0 cm³/mol. The van der Waals surface area contributed by atoms with E-state index in [0.717, 1.165) is 11.3 Å². The number of nitrogens with one attached hydrogen (secondary N) is 1. The molecular weight excluding hydrogens is 306 g/mol. The number of anilines is 1. The van der Waals surface area contributed by atoms with Crippen LogP contribution in [0, 0.1) is 0 Å². The number of rotatable bonds is 2. The lowest BCUT2D eigenvalue weighted by Gasteiger charge is -2.36. The maximum Gasteiger partial charge on any atom is 0.245 e. The molecule has 1 saturated heterocycles. The van der Waals surface area contributed by atoms with Gasteiger partial charge in [-0.3, -0.25) is 0 Å². The first-order valence-electron chi connectivity index (χ1n) is 6.91. The van der Waals surface area contributed by atoms with Gasteiger partial charge in [-0.2, -0.15) is 16.1 Å². The van der Waals surface area contributed by atoms with Crippen LogP contribution in [-0.4, -0.2) is 41.3 Å². The summed E-state index contributed by atoms with van der Waals surface area (Å²) in [5, 5.41) is 0.997. The van der Waals surface area contributed by atoms with Crippen molar-refractivity contribution in [2.45, 2.75) is 30.0 Å². The summed E-state index contributed by atoms with van der Waals surface area (Å²) in [5.74, 6) is 0.833. The van der Waals surface area contributed by atoms with Crippen molar-refractivity contribution in [3.05, 3.63) is 24.4 Å². The fourth-order valence-corrected chi connectivity index (χ4v) is 5.86. The molecule has 0 bridgehead atoms. The molecule has 5 nitrogen and oxygen atoms in total. The van der Waals surface area contributed by atoms with E-state index in [1.54, 1.807) is 28.7 Å². The molecule has 0 saturated carbocycles. The average Bonchev–Trinajstić information content (AvgIpc) is 2.85. The molecule has 0 amide bonds. The minimum atomic E-state index is -3.49. The van der Waals surface area contributed by atoms with Gasteiger partial charge in [0.2, 0.25) is 10.0 Å². The van der Waals surface area contributed by atoms with E-state index in [9.17, 15) is 8.42 Å². The largest absolute Gasteiger partial charge is 0.399 e. The molecule has 2 atom stereocenters. The summed E-state index contributed by atoms with van der Waals surface area (Å²) in [5.41, 5.74) is 7.11. The van der Waals surface area contributed by atoms with Gasteiger partial charge in [0.25, 0.3) is 0 Å². The first-order valence-corrected chi connectivity index (χ1v) is 9.40. The zero-order chi connectivity index (χ0) is 15.2. The monoisotopic (exact) mass is 325 g/mol. The van der Waals surface area contributed by atoms with Crippen LogP contribution in [0.2, 0.25) is 0 Å². The van der Waals surface area contributed by atoms with E-state index in [1.807, 2.05) is 18.7 Å². The van der Waals surface area contributed by atoms with Crippen LogP contribution in [0.15, 0.2) is 29.3 Å². The summed E-state index contributed by atoms with van der Waals surface area (Å²) >= 11 is 1.82. The molecule has 0 spiro atoms. The molecule has 3 N–H and O–H groups in total. The van der Waals surface area contributed by atoms with Crippen molar-refractivity contribution in [3.8, 4) is 0 Å². The van der Waals surface area contributed by atoms with Crippen LogP contribution in [-0.2, 0) is 10.0 Å². The van der Waals surface area contributed by atoms with Crippen LogP contribution >= 0.6 is 11.8 Å². The Kier molecular flexibility index (Phi) is 3.67. The summed E-state index contributed by atoms with van der Waals surface area (Å²) in [6, 6.07) is 5.24. The van der Waals surface area contributed by atoms with Crippen LogP contribution in [0.1, 0.15) is 13.8 Å². The number of hydrogen-bond donors (Lipinski definition) is 2. The van der Waals surface area contributed by atoms with Crippen molar-refractivity contribution in [3.63, 3.8) is 0 Å². The number of aromatic nitrogens is 1. The standard InChI is InChI=1S/C14H19N3O2S2/c1-9-10(2)20-6-5-17(9)21(18,19)14-8-16-13-7-11(15)3-4-12(13)14/h3-4,7-10,16H,5-6,15H2,1-2H3. The van der Waals surface area contributed by atoms with E-state index < -0.39 is 10.0 Å². The van der Waals surface area contributed by atoms with E-state index in [-0.39, 0.29) is 6.04 Å². The topological polar surface area (TPSA) is 79.2 Å². The molecule has 0 aliphatic carbocycles. The highest BCUT2D eigenvalue weighted by molar-refractivity contribution is 8.00. The average molecular weight is 325 g/mol. The SMILES string of the molecule is CC1SCCN(S(=O)(=O)c2c[nH]c3cc(N)ccc23)C1C. The van der Waals surface area contributed by atoms with Gasteiger partial charge in [-0.25, -0.2) is 8.42 Å². The lowest BCUT2D eigenvalue weighted by atomic mass is 10.2. The van der Waals surface area contributed by atoms with E-state index in [0.29, 0.717) is 27.8 Å². The highest BCUT2D eigenvalue weighted by Gasteiger charge is 2.36. The summed E-state index contributed by atoms with van der Waals surface area (Å²) in [7, 11) is -3.49. The summed E-state index contributed by atoms with van der Waals surface area (Å²) < 4.78 is 27.6. The minimum absolute atomic E-state index is 0.00696. The number of fused-ring (bicyclic) bond motifs is 1. The van der Waals surface area contributed by atoms with Gasteiger partial charge >= 0.3 is 0 Å². The van der Waals surface area contributed by atoms with Crippen molar-refractivity contribution in [2.75, 3.05) is 18.0 Å². The number of sulfonamides is 1. The quantitative estimate of drug-likeness (QED) is 0.830. The van der Waals surface area contributed by atoms with Crippen molar-refractivity contribution in [2.24, 2.45) is 0 Å². The Labute approximate surface area is 128 Å². The summed E-state index contributed by atoms with van der Waals surface area (Å²) in [6.07, 6.45) is 1.57. The van der Waals surface area contributed by atoms with Gasteiger partial charge in [-0.05, 0) is 25.1 Å². The molecule has 2 heterocycles. The number of thioether (sulfide) groups is 1. The number of H-pyrrole nitrogens is 1. The molecule has 2 aromatic rings. The van der Waals surface area contributed by atoms with E-state index in [2.05, 4.69) is 11.9 Å². The van der Waals surface area contributed by atoms with E-state index >= 15 is 0 Å². The molecular formula is C14H19N3O2S2. The molecule has 7 heteroatoms. The molecule has 114 valence electrons. The number of nitrogen functional groups attached to an aromatic ring is 1. The molecule has 0 radical (unpaired) electrons. The Morgan fingerprint density at radius 2 is 2.14 bits per heavy atom. The van der Waals surface area contributed by atoms with Gasteiger partial charge in [-0.15, -0.1) is 0 Å². The second kappa shape index (κ2) is 5.23. The molecule has 1 aromatic carbocycles. The third kappa shape index (κ3) is 2.43. The number of nitrogens with two attached hydrogens (primary N) is 1. The first-order chi connectivity index (χ1) is 9.91. The Hall–Kier alpha value is -1.18. The van der Waals surface area contributed by atoms with Crippen LogP contribution in [0.25, 0.3) is 10.9 Å². The molecule has 21 heavy (non-hydrogen) atoms. The van der Waals surface area contributed by atoms with Crippen LogP contribution in [0.3, 0.4) is 0 Å². The van der Waals surface area contributed by atoms with Crippen molar-refractivity contribution in [1.82, 2.24) is 9.29 Å². The maximum absolute atomic E-state index is 13.0. The zero-order valence-corrected chi connectivity index (χ0v) is 13.7. The molecule has 1 aromatic heterocycles. The third-order valence-corrected chi connectivity index (χ3v) is 7.44. The maximum atomic E-state index is 13.0. The van der Waals surface area contributed by atoms with Crippen molar-refractivity contribution in [1.29, 1.82) is 0 Å².